The molecule has 0 saturated heterocycles. The van der Waals surface area contributed by atoms with E-state index >= 15 is 0 Å². The summed E-state index contributed by atoms with van der Waals surface area (Å²) in [6, 6.07) is 9.55. The van der Waals surface area contributed by atoms with Gasteiger partial charge in [-0.25, -0.2) is 9.97 Å². The fourth-order valence-corrected chi connectivity index (χ4v) is 3.92. The van der Waals surface area contributed by atoms with Gasteiger partial charge in [-0.05, 0) is 31.5 Å². The van der Waals surface area contributed by atoms with E-state index in [0.29, 0.717) is 23.1 Å². The van der Waals surface area contributed by atoms with Crippen molar-refractivity contribution < 1.29 is 9.53 Å². The molecule has 0 aliphatic rings. The molecule has 0 bridgehead atoms. The first-order valence-corrected chi connectivity index (χ1v) is 9.02. The number of hydrogen-bond donors (Lipinski definition) is 1. The van der Waals surface area contributed by atoms with Crippen molar-refractivity contribution >= 4 is 44.1 Å². The standard InChI is InChI=1S/C19H16N4O2S/c1-3-25-18-14-11(2)16(26-19(14)22-10-21-18)17(24)23-13-8-4-6-12-7-5-9-20-15(12)13/h4-10H,3H2,1-2H3,(H,23,24). The van der Waals surface area contributed by atoms with Crippen molar-refractivity contribution in [2.75, 3.05) is 11.9 Å². The SMILES string of the molecule is CCOc1ncnc2sc(C(=O)Nc3cccc4cccnc34)c(C)c12. The normalized spacial score (nSPS) is 11.0. The lowest BCUT2D eigenvalue weighted by Crippen LogP contribution is -2.12. The molecule has 3 heterocycles. The van der Waals surface area contributed by atoms with E-state index in [1.165, 1.54) is 17.7 Å². The number of thiophene rings is 1. The molecule has 0 aliphatic carbocycles. The molecule has 4 rings (SSSR count). The van der Waals surface area contributed by atoms with Crippen LogP contribution in [-0.4, -0.2) is 27.5 Å². The average molecular weight is 364 g/mol. The minimum atomic E-state index is -0.189. The van der Waals surface area contributed by atoms with Crippen LogP contribution in [0.1, 0.15) is 22.2 Å². The number of ether oxygens (including phenoxy) is 1. The number of para-hydroxylation sites is 1. The molecule has 4 aromatic rings. The first kappa shape index (κ1) is 16.4. The summed E-state index contributed by atoms with van der Waals surface area (Å²) in [5.41, 5.74) is 2.26. The van der Waals surface area contributed by atoms with Gasteiger partial charge in [-0.2, -0.15) is 0 Å². The maximum Gasteiger partial charge on any atom is 0.266 e. The van der Waals surface area contributed by atoms with Crippen LogP contribution in [0.15, 0.2) is 42.9 Å². The number of fused-ring (bicyclic) bond motifs is 2. The zero-order valence-corrected chi connectivity index (χ0v) is 15.1. The molecule has 0 saturated carbocycles. The Hall–Kier alpha value is -3.06. The van der Waals surface area contributed by atoms with Crippen LogP contribution in [-0.2, 0) is 0 Å². The molecule has 0 fully saturated rings. The number of pyridine rings is 1. The second kappa shape index (κ2) is 6.68. The molecular weight excluding hydrogens is 348 g/mol. The Morgan fingerprint density at radius 2 is 2.04 bits per heavy atom. The summed E-state index contributed by atoms with van der Waals surface area (Å²) in [5, 5.41) is 4.74. The zero-order chi connectivity index (χ0) is 18.1. The van der Waals surface area contributed by atoms with Crippen LogP contribution in [0.25, 0.3) is 21.1 Å². The molecule has 0 unspecified atom stereocenters. The number of amides is 1. The summed E-state index contributed by atoms with van der Waals surface area (Å²) in [4.78, 5) is 27.1. The number of aromatic nitrogens is 3. The fraction of sp³-hybridized carbons (Fsp3) is 0.158. The summed E-state index contributed by atoms with van der Waals surface area (Å²) < 4.78 is 5.58. The highest BCUT2D eigenvalue weighted by Crippen LogP contribution is 2.35. The van der Waals surface area contributed by atoms with Gasteiger partial charge in [0.05, 0.1) is 28.1 Å². The van der Waals surface area contributed by atoms with Crippen LogP contribution in [0, 0.1) is 6.92 Å². The van der Waals surface area contributed by atoms with Crippen molar-refractivity contribution in [3.8, 4) is 5.88 Å². The average Bonchev–Trinajstić information content (AvgIpc) is 3.00. The maximum absolute atomic E-state index is 12.9. The van der Waals surface area contributed by atoms with Crippen LogP contribution in [0.5, 0.6) is 5.88 Å². The lowest BCUT2D eigenvalue weighted by Gasteiger charge is -2.07. The molecule has 0 atom stereocenters. The van der Waals surface area contributed by atoms with Crippen LogP contribution < -0.4 is 10.1 Å². The number of anilines is 1. The molecule has 1 aromatic carbocycles. The van der Waals surface area contributed by atoms with Crippen molar-refractivity contribution in [2.24, 2.45) is 0 Å². The van der Waals surface area contributed by atoms with Crippen molar-refractivity contribution in [3.05, 3.63) is 53.3 Å². The van der Waals surface area contributed by atoms with Gasteiger partial charge in [-0.15, -0.1) is 11.3 Å². The van der Waals surface area contributed by atoms with Crippen LogP contribution in [0.3, 0.4) is 0 Å². The molecular formula is C19H16N4O2S. The van der Waals surface area contributed by atoms with E-state index in [1.54, 1.807) is 6.20 Å². The molecule has 7 heteroatoms. The van der Waals surface area contributed by atoms with E-state index < -0.39 is 0 Å². The highest BCUT2D eigenvalue weighted by atomic mass is 32.1. The van der Waals surface area contributed by atoms with Crippen molar-refractivity contribution in [1.82, 2.24) is 15.0 Å². The van der Waals surface area contributed by atoms with Crippen molar-refractivity contribution in [2.45, 2.75) is 13.8 Å². The number of aryl methyl sites for hydroxylation is 1. The molecule has 6 nitrogen and oxygen atoms in total. The highest BCUT2D eigenvalue weighted by Gasteiger charge is 2.20. The summed E-state index contributed by atoms with van der Waals surface area (Å²) in [7, 11) is 0. The second-order valence-corrected chi connectivity index (χ2v) is 6.68. The first-order valence-electron chi connectivity index (χ1n) is 8.21. The lowest BCUT2D eigenvalue weighted by molar-refractivity contribution is 0.103. The van der Waals surface area contributed by atoms with Gasteiger partial charge in [0.2, 0.25) is 5.88 Å². The smallest absolute Gasteiger partial charge is 0.266 e. The van der Waals surface area contributed by atoms with Gasteiger partial charge in [0.25, 0.3) is 5.91 Å². The molecule has 26 heavy (non-hydrogen) atoms. The third kappa shape index (κ3) is 2.76. The Kier molecular flexibility index (Phi) is 4.22. The summed E-state index contributed by atoms with van der Waals surface area (Å²) in [5.74, 6) is 0.322. The monoisotopic (exact) mass is 364 g/mol. The van der Waals surface area contributed by atoms with E-state index in [2.05, 4.69) is 20.3 Å². The summed E-state index contributed by atoms with van der Waals surface area (Å²) in [6.07, 6.45) is 3.17. The maximum atomic E-state index is 12.9. The molecule has 130 valence electrons. The fourth-order valence-electron chi connectivity index (χ4n) is 2.89. The minimum Gasteiger partial charge on any atom is -0.477 e. The minimum absolute atomic E-state index is 0.189. The quantitative estimate of drug-likeness (QED) is 0.587. The predicted molar refractivity (Wildman–Crippen MR) is 103 cm³/mol. The van der Waals surface area contributed by atoms with E-state index in [9.17, 15) is 4.79 Å². The third-order valence-corrected chi connectivity index (χ3v) is 5.26. The number of carbonyl (C=O) groups excluding carboxylic acids is 1. The Morgan fingerprint density at radius 1 is 1.19 bits per heavy atom. The van der Waals surface area contributed by atoms with Gasteiger partial charge in [-0.3, -0.25) is 9.78 Å². The lowest BCUT2D eigenvalue weighted by atomic mass is 10.1. The molecule has 1 amide bonds. The van der Waals surface area contributed by atoms with Gasteiger partial charge in [0.1, 0.15) is 11.2 Å². The number of rotatable bonds is 4. The van der Waals surface area contributed by atoms with Crippen molar-refractivity contribution in [1.29, 1.82) is 0 Å². The third-order valence-electron chi connectivity index (χ3n) is 4.06. The van der Waals surface area contributed by atoms with Crippen LogP contribution in [0.2, 0.25) is 0 Å². The number of nitrogens with one attached hydrogen (secondary N) is 1. The Bertz CT molecular complexity index is 1120. The Balaban J connectivity index is 1.75. The van der Waals surface area contributed by atoms with E-state index in [1.807, 2.05) is 44.2 Å². The van der Waals surface area contributed by atoms with Gasteiger partial charge >= 0.3 is 0 Å². The van der Waals surface area contributed by atoms with Crippen molar-refractivity contribution in [3.63, 3.8) is 0 Å². The predicted octanol–water partition coefficient (Wildman–Crippen LogP) is 4.20. The van der Waals surface area contributed by atoms with E-state index in [0.717, 1.165) is 26.7 Å². The van der Waals surface area contributed by atoms with Crippen LogP contribution in [0.4, 0.5) is 5.69 Å². The summed E-state index contributed by atoms with van der Waals surface area (Å²) >= 11 is 1.33. The molecule has 1 N–H and O–H groups in total. The topological polar surface area (TPSA) is 77.0 Å². The highest BCUT2D eigenvalue weighted by molar-refractivity contribution is 7.20. The molecule has 0 spiro atoms. The first-order chi connectivity index (χ1) is 12.7. The van der Waals surface area contributed by atoms with Gasteiger partial charge < -0.3 is 10.1 Å². The summed E-state index contributed by atoms with van der Waals surface area (Å²) in [6.45, 7) is 4.29. The van der Waals surface area contributed by atoms with Gasteiger partial charge in [-0.1, -0.05) is 18.2 Å². The Labute approximate surface area is 153 Å². The number of hydrogen-bond acceptors (Lipinski definition) is 6. The van der Waals surface area contributed by atoms with Crippen LogP contribution >= 0.6 is 11.3 Å². The molecule has 0 aliphatic heterocycles. The zero-order valence-electron chi connectivity index (χ0n) is 14.3. The number of nitrogens with zero attached hydrogens (tertiary/aromatic N) is 3. The van der Waals surface area contributed by atoms with Gasteiger partial charge in [0.15, 0.2) is 0 Å². The largest absolute Gasteiger partial charge is 0.477 e. The second-order valence-electron chi connectivity index (χ2n) is 5.68. The van der Waals surface area contributed by atoms with Gasteiger partial charge in [0, 0.05) is 11.6 Å². The number of benzene rings is 1. The number of carbonyl (C=O) groups is 1. The Morgan fingerprint density at radius 3 is 2.88 bits per heavy atom. The molecule has 0 radical (unpaired) electrons. The van der Waals surface area contributed by atoms with E-state index in [4.69, 9.17) is 4.74 Å². The molecule has 3 aromatic heterocycles. The van der Waals surface area contributed by atoms with E-state index in [-0.39, 0.29) is 5.91 Å².